The Kier molecular flexibility index (Phi) is 4.31. The summed E-state index contributed by atoms with van der Waals surface area (Å²) >= 11 is 4.92. The molecular formula is C19H20BrN3O4S. The number of anilines is 1. The van der Waals surface area contributed by atoms with E-state index in [0.29, 0.717) is 17.1 Å². The second-order valence-electron chi connectivity index (χ2n) is 7.82. The Balaban J connectivity index is 1.68. The number of benzene rings is 1. The number of carboxylic acid groups (broad SMARTS) is 1. The van der Waals surface area contributed by atoms with Gasteiger partial charge >= 0.3 is 5.97 Å². The number of amides is 1. The van der Waals surface area contributed by atoms with Gasteiger partial charge in [-0.3, -0.25) is 4.79 Å². The summed E-state index contributed by atoms with van der Waals surface area (Å²) in [5, 5.41) is 16.8. The minimum Gasteiger partial charge on any atom is -0.480 e. The standard InChI is InChI=1S/C19H20BrN3O4S/c1-9-12(13(22-27-9)10-5-7-11(20)8-6-10)21-19(4)16(26)23-14(15(24)25)18(2,3)28-17(19)23/h5-8,14,17,21H,1-4H3,(H,24,25)/t14-,17+,19-/m0/s1. The van der Waals surface area contributed by atoms with E-state index < -0.39 is 22.3 Å². The van der Waals surface area contributed by atoms with Gasteiger partial charge in [-0.1, -0.05) is 33.2 Å². The van der Waals surface area contributed by atoms with E-state index in [-0.39, 0.29) is 11.3 Å². The highest BCUT2D eigenvalue weighted by Gasteiger charge is 2.69. The summed E-state index contributed by atoms with van der Waals surface area (Å²) in [5.74, 6) is -0.639. The maximum atomic E-state index is 13.0. The molecule has 7 nitrogen and oxygen atoms in total. The number of carbonyl (C=O) groups excluding carboxylic acids is 1. The number of aromatic nitrogens is 1. The number of nitrogens with one attached hydrogen (secondary N) is 1. The number of nitrogens with zero attached hydrogens (tertiary/aromatic N) is 2. The zero-order chi connectivity index (χ0) is 20.4. The van der Waals surface area contributed by atoms with Crippen LogP contribution in [0.25, 0.3) is 11.3 Å². The molecule has 148 valence electrons. The molecule has 1 aromatic heterocycles. The number of thioether (sulfide) groups is 1. The Bertz CT molecular complexity index is 974. The monoisotopic (exact) mass is 465 g/mol. The molecule has 9 heteroatoms. The van der Waals surface area contributed by atoms with E-state index in [2.05, 4.69) is 26.4 Å². The number of fused-ring (bicyclic) bond motifs is 1. The van der Waals surface area contributed by atoms with Gasteiger partial charge in [-0.05, 0) is 39.8 Å². The number of aliphatic carboxylic acids is 1. The quantitative estimate of drug-likeness (QED) is 0.663. The first kappa shape index (κ1) is 19.3. The summed E-state index contributed by atoms with van der Waals surface area (Å²) < 4.78 is 5.76. The number of carbonyl (C=O) groups is 2. The molecule has 1 aromatic carbocycles. The minimum absolute atomic E-state index is 0.231. The van der Waals surface area contributed by atoms with Gasteiger partial charge in [0, 0.05) is 14.8 Å². The van der Waals surface area contributed by atoms with Gasteiger partial charge in [-0.15, -0.1) is 11.8 Å². The second-order valence-corrected chi connectivity index (χ2v) is 10.5. The molecule has 2 aliphatic heterocycles. The van der Waals surface area contributed by atoms with Crippen LogP contribution >= 0.6 is 27.7 Å². The van der Waals surface area contributed by atoms with Crippen LogP contribution in [-0.4, -0.2) is 48.7 Å². The van der Waals surface area contributed by atoms with E-state index in [9.17, 15) is 14.7 Å². The van der Waals surface area contributed by atoms with Crippen LogP contribution in [0.5, 0.6) is 0 Å². The fourth-order valence-corrected chi connectivity index (χ4v) is 5.83. The topological polar surface area (TPSA) is 95.7 Å². The van der Waals surface area contributed by atoms with Crippen molar-refractivity contribution in [1.82, 2.24) is 10.1 Å². The number of hydrogen-bond acceptors (Lipinski definition) is 6. The van der Waals surface area contributed by atoms with Crippen molar-refractivity contribution in [3.63, 3.8) is 0 Å². The van der Waals surface area contributed by atoms with Gasteiger partial charge in [0.25, 0.3) is 5.91 Å². The lowest BCUT2D eigenvalue weighted by atomic mass is 9.85. The number of carboxylic acids is 1. The van der Waals surface area contributed by atoms with E-state index in [1.54, 1.807) is 6.92 Å². The van der Waals surface area contributed by atoms with Gasteiger partial charge in [0.2, 0.25) is 0 Å². The van der Waals surface area contributed by atoms with Crippen LogP contribution in [0.4, 0.5) is 5.69 Å². The molecule has 0 saturated carbocycles. The van der Waals surface area contributed by atoms with Gasteiger partial charge in [-0.2, -0.15) is 0 Å². The van der Waals surface area contributed by atoms with E-state index in [1.807, 2.05) is 45.0 Å². The van der Waals surface area contributed by atoms with Crippen LogP contribution in [0, 0.1) is 6.92 Å². The fraction of sp³-hybridized carbons (Fsp3) is 0.421. The van der Waals surface area contributed by atoms with Crippen molar-refractivity contribution < 1.29 is 19.2 Å². The zero-order valence-corrected chi connectivity index (χ0v) is 18.2. The van der Waals surface area contributed by atoms with Crippen LogP contribution in [-0.2, 0) is 9.59 Å². The highest BCUT2D eigenvalue weighted by Crippen LogP contribution is 2.56. The Hall–Kier alpha value is -2.00. The summed E-state index contributed by atoms with van der Waals surface area (Å²) in [6, 6.07) is 6.80. The molecule has 0 unspecified atom stereocenters. The predicted molar refractivity (Wildman–Crippen MR) is 110 cm³/mol. The maximum absolute atomic E-state index is 13.0. The Morgan fingerprint density at radius 2 is 1.96 bits per heavy atom. The molecule has 3 atom stereocenters. The molecule has 0 radical (unpaired) electrons. The van der Waals surface area contributed by atoms with Crippen molar-refractivity contribution in [3.8, 4) is 11.3 Å². The molecule has 0 bridgehead atoms. The normalized spacial score (nSPS) is 28.0. The lowest BCUT2D eigenvalue weighted by Crippen LogP contribution is -2.75. The molecule has 2 saturated heterocycles. The van der Waals surface area contributed by atoms with E-state index >= 15 is 0 Å². The number of aryl methyl sites for hydroxylation is 1. The van der Waals surface area contributed by atoms with E-state index in [1.165, 1.54) is 16.7 Å². The van der Waals surface area contributed by atoms with Crippen LogP contribution in [0.15, 0.2) is 33.3 Å². The average molecular weight is 466 g/mol. The van der Waals surface area contributed by atoms with Gasteiger partial charge < -0.3 is 19.8 Å². The molecule has 0 spiro atoms. The summed E-state index contributed by atoms with van der Waals surface area (Å²) in [4.78, 5) is 26.2. The summed E-state index contributed by atoms with van der Waals surface area (Å²) in [6.45, 7) is 7.32. The fourth-order valence-electron chi connectivity index (χ4n) is 3.92. The Labute approximate surface area is 175 Å². The van der Waals surface area contributed by atoms with Crippen molar-refractivity contribution in [1.29, 1.82) is 0 Å². The molecule has 2 fully saturated rings. The molecule has 2 N–H and O–H groups in total. The van der Waals surface area contributed by atoms with Crippen LogP contribution in [0.3, 0.4) is 0 Å². The highest BCUT2D eigenvalue weighted by atomic mass is 79.9. The average Bonchev–Trinajstić information content (AvgIpc) is 3.11. The lowest BCUT2D eigenvalue weighted by molar-refractivity contribution is -0.163. The third kappa shape index (κ3) is 2.67. The first-order valence-corrected chi connectivity index (χ1v) is 10.5. The third-order valence-corrected chi connectivity index (χ3v) is 7.66. The van der Waals surface area contributed by atoms with Crippen LogP contribution in [0.2, 0.25) is 0 Å². The minimum atomic E-state index is -0.980. The number of rotatable bonds is 4. The molecule has 0 aliphatic carbocycles. The molecule has 4 rings (SSSR count). The molecule has 28 heavy (non-hydrogen) atoms. The van der Waals surface area contributed by atoms with Crippen molar-refractivity contribution >= 4 is 45.3 Å². The van der Waals surface area contributed by atoms with Crippen molar-refractivity contribution in [2.45, 2.75) is 49.4 Å². The largest absolute Gasteiger partial charge is 0.480 e. The maximum Gasteiger partial charge on any atom is 0.327 e. The second kappa shape index (κ2) is 6.25. The van der Waals surface area contributed by atoms with E-state index in [4.69, 9.17) is 4.52 Å². The lowest BCUT2D eigenvalue weighted by Gasteiger charge is -2.51. The van der Waals surface area contributed by atoms with Gasteiger partial charge in [0.1, 0.15) is 28.3 Å². The smallest absolute Gasteiger partial charge is 0.327 e. The first-order valence-electron chi connectivity index (χ1n) is 8.80. The van der Waals surface area contributed by atoms with Crippen LogP contribution < -0.4 is 5.32 Å². The number of β-lactam (4-membered cyclic amide) rings is 1. The van der Waals surface area contributed by atoms with Crippen LogP contribution in [0.1, 0.15) is 26.5 Å². The Morgan fingerprint density at radius 3 is 2.57 bits per heavy atom. The first-order chi connectivity index (χ1) is 13.1. The van der Waals surface area contributed by atoms with Crippen molar-refractivity contribution in [2.75, 3.05) is 5.32 Å². The molecular weight excluding hydrogens is 446 g/mol. The van der Waals surface area contributed by atoms with E-state index in [0.717, 1.165) is 10.0 Å². The molecule has 2 aromatic rings. The molecule has 2 aliphatic rings. The number of hydrogen-bond donors (Lipinski definition) is 2. The third-order valence-electron chi connectivity index (χ3n) is 5.38. The SMILES string of the molecule is Cc1onc(-c2ccc(Br)cc2)c1N[C@@]1(C)C(=O)N2[C@@H](C(=O)O)C(C)(C)S[C@@H]21. The summed E-state index contributed by atoms with van der Waals surface area (Å²) in [7, 11) is 0. The van der Waals surface area contributed by atoms with Gasteiger partial charge in [0.15, 0.2) is 5.76 Å². The number of halogens is 1. The predicted octanol–water partition coefficient (Wildman–Crippen LogP) is 3.73. The zero-order valence-electron chi connectivity index (χ0n) is 15.8. The molecule has 1 amide bonds. The van der Waals surface area contributed by atoms with Crippen molar-refractivity contribution in [3.05, 3.63) is 34.5 Å². The van der Waals surface area contributed by atoms with Gasteiger partial charge in [0.05, 0.1) is 0 Å². The van der Waals surface area contributed by atoms with Gasteiger partial charge in [-0.25, -0.2) is 4.79 Å². The summed E-state index contributed by atoms with van der Waals surface area (Å²) in [5.41, 5.74) is 1.19. The highest BCUT2D eigenvalue weighted by molar-refractivity contribution is 9.10. The molecule has 3 heterocycles. The Morgan fingerprint density at radius 1 is 1.32 bits per heavy atom. The van der Waals surface area contributed by atoms with Crippen molar-refractivity contribution in [2.24, 2.45) is 0 Å². The summed E-state index contributed by atoms with van der Waals surface area (Å²) in [6.07, 6.45) is 0.